The van der Waals surface area contributed by atoms with E-state index in [1.165, 1.54) is 38.5 Å². The lowest BCUT2D eigenvalue weighted by atomic mass is 9.73. The van der Waals surface area contributed by atoms with Crippen molar-refractivity contribution < 1.29 is 4.52 Å². The summed E-state index contributed by atoms with van der Waals surface area (Å²) < 4.78 is 5.52. The van der Waals surface area contributed by atoms with Crippen molar-refractivity contribution >= 4 is 0 Å². The van der Waals surface area contributed by atoms with Crippen molar-refractivity contribution in [1.29, 1.82) is 0 Å². The molecule has 2 fully saturated rings. The minimum absolute atomic E-state index is 0.491. The molecule has 1 unspecified atom stereocenters. The van der Waals surface area contributed by atoms with Crippen molar-refractivity contribution in [2.45, 2.75) is 77.7 Å². The molecule has 1 aromatic rings. The standard InChI is InChI=1S/C17H29N3O/c1-4-18-14(12-5-6-12)11-15-19-16(20-21-15)13-7-9-17(2,3)10-8-13/h12-14,18H,4-11H2,1-3H3. The molecule has 0 saturated heterocycles. The van der Waals surface area contributed by atoms with Crippen LogP contribution in [0.5, 0.6) is 0 Å². The predicted molar refractivity (Wildman–Crippen MR) is 83.2 cm³/mol. The van der Waals surface area contributed by atoms with E-state index in [4.69, 9.17) is 9.51 Å². The molecule has 4 nitrogen and oxygen atoms in total. The van der Waals surface area contributed by atoms with Crippen LogP contribution in [-0.4, -0.2) is 22.7 Å². The lowest BCUT2D eigenvalue weighted by Crippen LogP contribution is -2.33. The Morgan fingerprint density at radius 2 is 1.95 bits per heavy atom. The lowest BCUT2D eigenvalue weighted by Gasteiger charge is -2.32. The molecule has 0 spiro atoms. The van der Waals surface area contributed by atoms with Gasteiger partial charge in [0.05, 0.1) is 0 Å². The predicted octanol–water partition coefficient (Wildman–Crippen LogP) is 3.68. The van der Waals surface area contributed by atoms with Gasteiger partial charge in [0.1, 0.15) is 0 Å². The maximum Gasteiger partial charge on any atom is 0.228 e. The maximum atomic E-state index is 5.52. The van der Waals surface area contributed by atoms with E-state index in [2.05, 4.69) is 31.2 Å². The molecular formula is C17H29N3O. The van der Waals surface area contributed by atoms with E-state index in [1.54, 1.807) is 0 Å². The van der Waals surface area contributed by atoms with Gasteiger partial charge in [-0.1, -0.05) is 25.9 Å². The van der Waals surface area contributed by atoms with Crippen LogP contribution in [0, 0.1) is 11.3 Å². The summed E-state index contributed by atoms with van der Waals surface area (Å²) in [5, 5.41) is 7.83. The van der Waals surface area contributed by atoms with Crippen molar-refractivity contribution in [3.63, 3.8) is 0 Å². The number of aromatic nitrogens is 2. The SMILES string of the molecule is CCNC(Cc1nc(C2CCC(C)(C)CC2)no1)C1CC1. The first-order valence-electron chi connectivity index (χ1n) is 8.63. The molecule has 1 atom stereocenters. The number of nitrogens with one attached hydrogen (secondary N) is 1. The minimum Gasteiger partial charge on any atom is -0.339 e. The van der Waals surface area contributed by atoms with Crippen LogP contribution in [0.25, 0.3) is 0 Å². The van der Waals surface area contributed by atoms with Crippen molar-refractivity contribution in [2.24, 2.45) is 11.3 Å². The Kier molecular flexibility index (Phi) is 4.34. The molecule has 2 aliphatic rings. The summed E-state index contributed by atoms with van der Waals surface area (Å²) in [5.41, 5.74) is 0.491. The fourth-order valence-electron chi connectivity index (χ4n) is 3.53. The molecule has 1 heterocycles. The second-order valence-electron chi connectivity index (χ2n) is 7.69. The Morgan fingerprint density at radius 3 is 2.57 bits per heavy atom. The average Bonchev–Trinajstić information content (AvgIpc) is 3.19. The Labute approximate surface area is 128 Å². The van der Waals surface area contributed by atoms with E-state index in [1.807, 2.05) is 0 Å². The van der Waals surface area contributed by atoms with Gasteiger partial charge >= 0.3 is 0 Å². The normalized spacial score (nSPS) is 24.1. The Morgan fingerprint density at radius 1 is 1.24 bits per heavy atom. The van der Waals surface area contributed by atoms with Gasteiger partial charge in [-0.15, -0.1) is 0 Å². The smallest absolute Gasteiger partial charge is 0.228 e. The zero-order chi connectivity index (χ0) is 14.9. The molecule has 0 aromatic carbocycles. The first-order chi connectivity index (χ1) is 10.1. The second-order valence-corrected chi connectivity index (χ2v) is 7.69. The Hall–Kier alpha value is -0.900. The van der Waals surface area contributed by atoms with Crippen LogP contribution in [0.15, 0.2) is 4.52 Å². The summed E-state index contributed by atoms with van der Waals surface area (Å²) >= 11 is 0. The molecule has 0 amide bonds. The van der Waals surface area contributed by atoms with Crippen molar-refractivity contribution in [1.82, 2.24) is 15.5 Å². The topological polar surface area (TPSA) is 51.0 Å². The highest BCUT2D eigenvalue weighted by Gasteiger charge is 2.33. The molecule has 4 heteroatoms. The Balaban J connectivity index is 1.58. The third kappa shape index (κ3) is 3.85. The molecule has 3 rings (SSSR count). The summed E-state index contributed by atoms with van der Waals surface area (Å²) in [5.74, 6) is 3.10. The zero-order valence-electron chi connectivity index (χ0n) is 13.7. The lowest BCUT2D eigenvalue weighted by molar-refractivity contribution is 0.218. The van der Waals surface area contributed by atoms with Crippen molar-refractivity contribution in [2.75, 3.05) is 6.54 Å². The molecule has 21 heavy (non-hydrogen) atoms. The highest BCUT2D eigenvalue weighted by atomic mass is 16.5. The number of rotatable bonds is 6. The number of nitrogens with zero attached hydrogens (tertiary/aromatic N) is 2. The van der Waals surface area contributed by atoms with E-state index < -0.39 is 0 Å². The van der Waals surface area contributed by atoms with Crippen LogP contribution >= 0.6 is 0 Å². The highest BCUT2D eigenvalue weighted by molar-refractivity contribution is 5.01. The molecule has 1 N–H and O–H groups in total. The van der Waals surface area contributed by atoms with Crippen molar-refractivity contribution in [3.05, 3.63) is 11.7 Å². The van der Waals surface area contributed by atoms with Crippen LogP contribution in [0.2, 0.25) is 0 Å². The van der Waals surface area contributed by atoms with Gasteiger partial charge in [0, 0.05) is 18.4 Å². The van der Waals surface area contributed by atoms with Gasteiger partial charge in [-0.3, -0.25) is 0 Å². The van der Waals surface area contributed by atoms with Crippen molar-refractivity contribution in [3.8, 4) is 0 Å². The number of hydrogen-bond acceptors (Lipinski definition) is 4. The number of likely N-dealkylation sites (N-methyl/N-ethyl adjacent to an activating group) is 1. The molecular weight excluding hydrogens is 262 g/mol. The largest absolute Gasteiger partial charge is 0.339 e. The maximum absolute atomic E-state index is 5.52. The first-order valence-corrected chi connectivity index (χ1v) is 8.63. The zero-order valence-corrected chi connectivity index (χ0v) is 13.7. The van der Waals surface area contributed by atoms with Gasteiger partial charge in [0.2, 0.25) is 5.89 Å². The van der Waals surface area contributed by atoms with Gasteiger partial charge in [0.25, 0.3) is 0 Å². The van der Waals surface area contributed by atoms with Crippen LogP contribution in [0.4, 0.5) is 0 Å². The molecule has 0 radical (unpaired) electrons. The minimum atomic E-state index is 0.491. The average molecular weight is 291 g/mol. The quantitative estimate of drug-likeness (QED) is 0.868. The third-order valence-corrected chi connectivity index (χ3v) is 5.24. The van der Waals surface area contributed by atoms with Crippen LogP contribution < -0.4 is 5.32 Å². The van der Waals surface area contributed by atoms with E-state index in [0.29, 0.717) is 17.4 Å². The Bertz CT molecular complexity index is 454. The summed E-state index contributed by atoms with van der Waals surface area (Å²) in [4.78, 5) is 4.70. The van der Waals surface area contributed by atoms with Crippen LogP contribution in [0.1, 0.15) is 76.9 Å². The molecule has 1 aromatic heterocycles. The van der Waals surface area contributed by atoms with E-state index in [0.717, 1.165) is 30.6 Å². The summed E-state index contributed by atoms with van der Waals surface area (Å²) in [7, 11) is 0. The van der Waals surface area contributed by atoms with Gasteiger partial charge in [0.15, 0.2) is 5.82 Å². The fourth-order valence-corrected chi connectivity index (χ4v) is 3.53. The third-order valence-electron chi connectivity index (χ3n) is 5.24. The van der Waals surface area contributed by atoms with Gasteiger partial charge in [-0.25, -0.2) is 0 Å². The summed E-state index contributed by atoms with van der Waals surface area (Å²) in [6, 6.07) is 0.522. The summed E-state index contributed by atoms with van der Waals surface area (Å²) in [6.07, 6.45) is 8.51. The van der Waals surface area contributed by atoms with Crippen LogP contribution in [-0.2, 0) is 6.42 Å². The van der Waals surface area contributed by atoms with Crippen LogP contribution in [0.3, 0.4) is 0 Å². The number of hydrogen-bond donors (Lipinski definition) is 1. The molecule has 2 aliphatic carbocycles. The van der Waals surface area contributed by atoms with Gasteiger partial charge < -0.3 is 9.84 Å². The molecule has 0 bridgehead atoms. The van der Waals surface area contributed by atoms with E-state index >= 15 is 0 Å². The molecule has 118 valence electrons. The monoisotopic (exact) mass is 291 g/mol. The highest BCUT2D eigenvalue weighted by Crippen LogP contribution is 2.41. The molecule has 2 saturated carbocycles. The molecule has 0 aliphatic heterocycles. The van der Waals surface area contributed by atoms with Gasteiger partial charge in [-0.05, 0) is 56.4 Å². The van der Waals surface area contributed by atoms with E-state index in [-0.39, 0.29) is 0 Å². The fraction of sp³-hybridized carbons (Fsp3) is 0.882. The van der Waals surface area contributed by atoms with Gasteiger partial charge in [-0.2, -0.15) is 4.98 Å². The summed E-state index contributed by atoms with van der Waals surface area (Å²) in [6.45, 7) is 7.90. The van der Waals surface area contributed by atoms with E-state index in [9.17, 15) is 0 Å². The first kappa shape index (κ1) is 15.0. The second kappa shape index (κ2) is 6.07.